The number of furan rings is 1. The van der Waals surface area contributed by atoms with Gasteiger partial charge in [-0.2, -0.15) is 0 Å². The van der Waals surface area contributed by atoms with Crippen molar-refractivity contribution in [3.8, 4) is 44.5 Å². The molecule has 0 fully saturated rings. The molecular formula is C60H39NO. The maximum atomic E-state index is 6.44. The van der Waals surface area contributed by atoms with Crippen LogP contribution in [-0.2, 0) is 0 Å². The third-order valence-electron chi connectivity index (χ3n) is 12.4. The molecule has 0 N–H and O–H groups in total. The summed E-state index contributed by atoms with van der Waals surface area (Å²) in [6.45, 7) is 0. The summed E-state index contributed by atoms with van der Waals surface area (Å²) in [4.78, 5) is 2.40. The lowest BCUT2D eigenvalue weighted by atomic mass is 9.93. The molecule has 290 valence electrons. The van der Waals surface area contributed by atoms with Gasteiger partial charge in [-0.05, 0) is 138 Å². The SMILES string of the molecule is c1ccc(-c2cccc(-c3ccc(N(c4ccc(-c5cc6ccccc6c6ccccc56)cc4)c4ccccc4-c4ccc5oc6cc7ccccc7cc6c5c4)cc3)c2)cc1. The Morgan fingerprint density at radius 1 is 0.258 bits per heavy atom. The molecule has 0 radical (unpaired) electrons. The van der Waals surface area contributed by atoms with Gasteiger partial charge >= 0.3 is 0 Å². The molecule has 1 heterocycles. The van der Waals surface area contributed by atoms with Crippen LogP contribution in [0.2, 0.25) is 0 Å². The number of anilines is 3. The van der Waals surface area contributed by atoms with Crippen LogP contribution in [0.15, 0.2) is 241 Å². The number of benzene rings is 11. The van der Waals surface area contributed by atoms with Gasteiger partial charge in [0.15, 0.2) is 0 Å². The van der Waals surface area contributed by atoms with Crippen LogP contribution in [0.1, 0.15) is 0 Å². The maximum absolute atomic E-state index is 6.44. The van der Waals surface area contributed by atoms with Gasteiger partial charge in [-0.3, -0.25) is 0 Å². The predicted octanol–water partition coefficient (Wildman–Crippen LogP) is 17.2. The molecule has 11 aromatic carbocycles. The third kappa shape index (κ3) is 6.20. The van der Waals surface area contributed by atoms with Crippen molar-refractivity contribution in [1.82, 2.24) is 0 Å². The van der Waals surface area contributed by atoms with Gasteiger partial charge in [-0.25, -0.2) is 0 Å². The summed E-state index contributed by atoms with van der Waals surface area (Å²) < 4.78 is 6.44. The second-order valence-electron chi connectivity index (χ2n) is 16.1. The highest BCUT2D eigenvalue weighted by Gasteiger charge is 2.19. The van der Waals surface area contributed by atoms with Crippen molar-refractivity contribution >= 4 is 71.3 Å². The third-order valence-corrected chi connectivity index (χ3v) is 12.4. The zero-order chi connectivity index (χ0) is 41.0. The molecule has 62 heavy (non-hydrogen) atoms. The molecule has 0 atom stereocenters. The van der Waals surface area contributed by atoms with Gasteiger partial charge < -0.3 is 9.32 Å². The Bertz CT molecular complexity index is 3620. The number of nitrogens with zero attached hydrogens (tertiary/aromatic N) is 1. The second kappa shape index (κ2) is 14.8. The Balaban J connectivity index is 0.994. The first-order valence-electron chi connectivity index (χ1n) is 21.2. The van der Waals surface area contributed by atoms with Crippen LogP contribution < -0.4 is 4.90 Å². The maximum Gasteiger partial charge on any atom is 0.136 e. The zero-order valence-corrected chi connectivity index (χ0v) is 33.9. The molecule has 0 amide bonds. The number of hydrogen-bond donors (Lipinski definition) is 0. The Labute approximate surface area is 360 Å². The number of para-hydroxylation sites is 1. The highest BCUT2D eigenvalue weighted by Crippen LogP contribution is 2.44. The fraction of sp³-hybridized carbons (Fsp3) is 0. The topological polar surface area (TPSA) is 16.4 Å². The lowest BCUT2D eigenvalue weighted by molar-refractivity contribution is 0.669. The van der Waals surface area contributed by atoms with Gasteiger partial charge in [0.05, 0.1) is 5.69 Å². The number of rotatable bonds is 7. The van der Waals surface area contributed by atoms with Gasteiger partial charge in [0.25, 0.3) is 0 Å². The fourth-order valence-electron chi connectivity index (χ4n) is 9.36. The molecule has 0 unspecified atom stereocenters. The van der Waals surface area contributed by atoms with Crippen molar-refractivity contribution in [3.05, 3.63) is 237 Å². The number of fused-ring (bicyclic) bond motifs is 7. The van der Waals surface area contributed by atoms with Crippen molar-refractivity contribution in [2.24, 2.45) is 0 Å². The summed E-state index contributed by atoms with van der Waals surface area (Å²) >= 11 is 0. The largest absolute Gasteiger partial charge is 0.456 e. The highest BCUT2D eigenvalue weighted by atomic mass is 16.3. The lowest BCUT2D eigenvalue weighted by Crippen LogP contribution is -2.11. The zero-order valence-electron chi connectivity index (χ0n) is 33.9. The summed E-state index contributed by atoms with van der Waals surface area (Å²) in [5.74, 6) is 0. The summed E-state index contributed by atoms with van der Waals surface area (Å²) in [6, 6.07) is 85.5. The van der Waals surface area contributed by atoms with Crippen LogP contribution in [0, 0.1) is 0 Å². The summed E-state index contributed by atoms with van der Waals surface area (Å²) in [5.41, 5.74) is 14.5. The molecule has 2 nitrogen and oxygen atoms in total. The van der Waals surface area contributed by atoms with Gasteiger partial charge in [0, 0.05) is 27.7 Å². The molecule has 12 aromatic rings. The van der Waals surface area contributed by atoms with Gasteiger partial charge in [0.1, 0.15) is 11.2 Å². The Hall–Kier alpha value is -8.20. The van der Waals surface area contributed by atoms with E-state index in [1.54, 1.807) is 0 Å². The number of hydrogen-bond acceptors (Lipinski definition) is 2. The summed E-state index contributed by atoms with van der Waals surface area (Å²) in [7, 11) is 0. The molecule has 0 aliphatic heterocycles. The lowest BCUT2D eigenvalue weighted by Gasteiger charge is -2.28. The van der Waals surface area contributed by atoms with E-state index < -0.39 is 0 Å². The van der Waals surface area contributed by atoms with E-state index in [1.165, 1.54) is 65.7 Å². The van der Waals surface area contributed by atoms with Crippen molar-refractivity contribution in [1.29, 1.82) is 0 Å². The minimum Gasteiger partial charge on any atom is -0.456 e. The highest BCUT2D eigenvalue weighted by molar-refractivity contribution is 6.14. The predicted molar refractivity (Wildman–Crippen MR) is 263 cm³/mol. The van der Waals surface area contributed by atoms with Crippen molar-refractivity contribution in [3.63, 3.8) is 0 Å². The Kier molecular flexibility index (Phi) is 8.53. The van der Waals surface area contributed by atoms with Crippen LogP contribution in [0.25, 0.3) is 98.8 Å². The second-order valence-corrected chi connectivity index (χ2v) is 16.1. The first-order chi connectivity index (χ1) is 30.7. The summed E-state index contributed by atoms with van der Waals surface area (Å²) in [5, 5.41) is 9.65. The van der Waals surface area contributed by atoms with E-state index in [9.17, 15) is 0 Å². The molecule has 0 aliphatic rings. The van der Waals surface area contributed by atoms with Crippen LogP contribution in [0.3, 0.4) is 0 Å². The van der Waals surface area contributed by atoms with Crippen LogP contribution in [-0.4, -0.2) is 0 Å². The van der Waals surface area contributed by atoms with E-state index in [4.69, 9.17) is 4.42 Å². The van der Waals surface area contributed by atoms with Crippen LogP contribution in [0.4, 0.5) is 17.1 Å². The van der Waals surface area contributed by atoms with Crippen LogP contribution in [0.5, 0.6) is 0 Å². The summed E-state index contributed by atoms with van der Waals surface area (Å²) in [6.07, 6.45) is 0. The van der Waals surface area contributed by atoms with Gasteiger partial charge in [-0.1, -0.05) is 170 Å². The average Bonchev–Trinajstić information content (AvgIpc) is 3.70. The quantitative estimate of drug-likeness (QED) is 0.150. The molecule has 0 saturated carbocycles. The van der Waals surface area contributed by atoms with E-state index in [1.807, 2.05) is 0 Å². The fourth-order valence-corrected chi connectivity index (χ4v) is 9.36. The first kappa shape index (κ1) is 35.7. The van der Waals surface area contributed by atoms with Crippen molar-refractivity contribution in [2.75, 3.05) is 4.90 Å². The first-order valence-corrected chi connectivity index (χ1v) is 21.2. The molecule has 0 bridgehead atoms. The monoisotopic (exact) mass is 789 g/mol. The average molecular weight is 790 g/mol. The smallest absolute Gasteiger partial charge is 0.136 e. The molecule has 1 aromatic heterocycles. The Morgan fingerprint density at radius 2 is 0.806 bits per heavy atom. The molecule has 0 aliphatic carbocycles. The minimum absolute atomic E-state index is 0.886. The normalized spacial score (nSPS) is 11.5. The van der Waals surface area contributed by atoms with Gasteiger partial charge in [-0.15, -0.1) is 0 Å². The molecular weight excluding hydrogens is 751 g/mol. The standard InChI is InChI=1S/C60H39NO/c1-2-13-40(14-3-1)43-18-12-19-44(35-43)41-25-30-49(31-26-41)61(50-32-27-42(28-33-50)55-37-47-17-6-7-20-51(47)53-22-8-9-23-54(53)55)58-24-11-10-21-52(58)48-29-34-59-56(38-48)57-36-45-15-4-5-16-46(45)39-60(57)62-59/h1-39H. The molecule has 0 saturated heterocycles. The van der Waals surface area contributed by atoms with Gasteiger partial charge in [0.2, 0.25) is 0 Å². The Morgan fingerprint density at radius 3 is 1.56 bits per heavy atom. The van der Waals surface area contributed by atoms with E-state index in [2.05, 4.69) is 241 Å². The van der Waals surface area contributed by atoms with Crippen molar-refractivity contribution in [2.45, 2.75) is 0 Å². The van der Waals surface area contributed by atoms with E-state index >= 15 is 0 Å². The van der Waals surface area contributed by atoms with E-state index in [0.29, 0.717) is 0 Å². The van der Waals surface area contributed by atoms with E-state index in [0.717, 1.165) is 50.1 Å². The molecule has 2 heteroatoms. The van der Waals surface area contributed by atoms with Crippen LogP contribution >= 0.6 is 0 Å². The molecule has 12 rings (SSSR count). The van der Waals surface area contributed by atoms with E-state index in [-0.39, 0.29) is 0 Å². The molecule has 0 spiro atoms. The minimum atomic E-state index is 0.886. The van der Waals surface area contributed by atoms with Crippen molar-refractivity contribution < 1.29 is 4.42 Å².